The number of guanidine groups is 1. The molecule has 0 aliphatic carbocycles. The first kappa shape index (κ1) is 25.8. The second kappa shape index (κ2) is 9.91. The van der Waals surface area contributed by atoms with Gasteiger partial charge in [-0.2, -0.15) is 5.26 Å². The van der Waals surface area contributed by atoms with Crippen LogP contribution in [0.1, 0.15) is 44.1 Å². The lowest BCUT2D eigenvalue weighted by Gasteiger charge is -2.27. The average molecular weight is 550 g/mol. The number of carbonyl (C=O) groups is 2. The van der Waals surface area contributed by atoms with Crippen LogP contribution in [-0.4, -0.2) is 37.5 Å². The number of amides is 2. The Labute approximate surface area is 233 Å². The SMILES string of the molecule is N#Cc1ncc2c(n1)CN(C(=O)c1cccc(CN3C(=O)C(c4ccc(F)cc4)(c4ccc(F)cc4)N=C3N)c1)C2. The van der Waals surface area contributed by atoms with E-state index >= 15 is 0 Å². The van der Waals surface area contributed by atoms with Crippen molar-refractivity contribution in [2.45, 2.75) is 25.2 Å². The molecule has 0 spiro atoms. The van der Waals surface area contributed by atoms with E-state index in [9.17, 15) is 18.4 Å². The van der Waals surface area contributed by atoms with Crippen LogP contribution in [0.3, 0.4) is 0 Å². The summed E-state index contributed by atoms with van der Waals surface area (Å²) >= 11 is 0. The van der Waals surface area contributed by atoms with E-state index in [1.54, 1.807) is 35.4 Å². The van der Waals surface area contributed by atoms with E-state index in [2.05, 4.69) is 15.0 Å². The van der Waals surface area contributed by atoms with Gasteiger partial charge in [0, 0.05) is 23.9 Å². The number of nitrogens with two attached hydrogens (primary N) is 1. The molecule has 0 saturated heterocycles. The number of carbonyl (C=O) groups excluding carboxylic acids is 2. The summed E-state index contributed by atoms with van der Waals surface area (Å²) in [5, 5.41) is 9.06. The minimum Gasteiger partial charge on any atom is -0.369 e. The molecule has 0 fully saturated rings. The van der Waals surface area contributed by atoms with Crippen LogP contribution in [0.25, 0.3) is 0 Å². The minimum atomic E-state index is -1.64. The number of halogens is 2. The molecule has 0 bridgehead atoms. The molecular formula is C30H21F2N7O2. The molecule has 2 N–H and O–H groups in total. The highest BCUT2D eigenvalue weighted by Gasteiger charge is 2.50. The van der Waals surface area contributed by atoms with E-state index < -0.39 is 23.1 Å². The zero-order chi connectivity index (χ0) is 28.7. The Balaban J connectivity index is 1.28. The third-order valence-corrected chi connectivity index (χ3v) is 7.20. The summed E-state index contributed by atoms with van der Waals surface area (Å²) in [5.74, 6) is -1.73. The van der Waals surface area contributed by atoms with E-state index in [1.165, 1.54) is 53.4 Å². The number of aromatic nitrogens is 2. The molecule has 202 valence electrons. The van der Waals surface area contributed by atoms with E-state index in [0.717, 1.165) is 5.56 Å². The molecule has 3 aromatic carbocycles. The highest BCUT2D eigenvalue weighted by atomic mass is 19.1. The first-order chi connectivity index (χ1) is 19.8. The van der Waals surface area contributed by atoms with Crippen molar-refractivity contribution in [3.05, 3.63) is 130 Å². The van der Waals surface area contributed by atoms with Gasteiger partial charge in [0.25, 0.3) is 11.8 Å². The van der Waals surface area contributed by atoms with Gasteiger partial charge in [-0.1, -0.05) is 36.4 Å². The molecule has 0 atom stereocenters. The summed E-state index contributed by atoms with van der Waals surface area (Å²) in [5.41, 5.74) is 7.84. The molecule has 6 rings (SSSR count). The van der Waals surface area contributed by atoms with E-state index in [-0.39, 0.29) is 30.8 Å². The number of nitriles is 1. The lowest BCUT2D eigenvalue weighted by atomic mass is 9.82. The molecule has 0 unspecified atom stereocenters. The van der Waals surface area contributed by atoms with Crippen molar-refractivity contribution in [1.29, 1.82) is 5.26 Å². The molecule has 2 aliphatic heterocycles. The van der Waals surface area contributed by atoms with E-state index in [1.807, 2.05) is 6.07 Å². The topological polar surface area (TPSA) is 129 Å². The Kier molecular flexibility index (Phi) is 6.23. The standard InChI is InChI=1S/C30H21F2N7O2/c31-23-8-4-21(5-9-23)30(22-6-10-24(32)11-7-22)28(41)39(29(34)37-30)15-18-2-1-3-19(12-18)27(40)38-16-20-14-35-26(13-33)36-25(20)17-38/h1-12,14H,15-17H2,(H2,34,37). The van der Waals surface area contributed by atoms with Crippen molar-refractivity contribution >= 4 is 17.8 Å². The molecule has 0 radical (unpaired) electrons. The Hall–Kier alpha value is -5.50. The van der Waals surface area contributed by atoms with Gasteiger partial charge in [-0.3, -0.25) is 14.5 Å². The van der Waals surface area contributed by atoms with Gasteiger partial charge in [0.1, 0.15) is 17.7 Å². The summed E-state index contributed by atoms with van der Waals surface area (Å²) < 4.78 is 27.5. The number of fused-ring (bicyclic) bond motifs is 1. The van der Waals surface area contributed by atoms with Gasteiger partial charge in [-0.05, 0) is 53.1 Å². The maximum atomic E-state index is 14.1. The van der Waals surface area contributed by atoms with Crippen molar-refractivity contribution in [1.82, 2.24) is 19.8 Å². The summed E-state index contributed by atoms with van der Waals surface area (Å²) in [7, 11) is 0. The molecule has 11 heteroatoms. The molecule has 2 aliphatic rings. The minimum absolute atomic E-state index is 0.0106. The van der Waals surface area contributed by atoms with Crippen LogP contribution in [-0.2, 0) is 30.0 Å². The fraction of sp³-hybridized carbons (Fsp3) is 0.133. The molecule has 2 amide bonds. The summed E-state index contributed by atoms with van der Waals surface area (Å²) in [4.78, 5) is 43.0. The van der Waals surface area contributed by atoms with Gasteiger partial charge in [-0.15, -0.1) is 0 Å². The van der Waals surface area contributed by atoms with Crippen LogP contribution in [0.5, 0.6) is 0 Å². The van der Waals surface area contributed by atoms with Gasteiger partial charge in [0.15, 0.2) is 11.5 Å². The fourth-order valence-corrected chi connectivity index (χ4v) is 5.18. The molecule has 3 heterocycles. The van der Waals surface area contributed by atoms with E-state index in [0.29, 0.717) is 34.5 Å². The smallest absolute Gasteiger partial charge is 0.266 e. The maximum absolute atomic E-state index is 14.1. The Bertz CT molecular complexity index is 1720. The number of benzene rings is 3. The van der Waals surface area contributed by atoms with Crippen LogP contribution in [0.2, 0.25) is 0 Å². The quantitative estimate of drug-likeness (QED) is 0.407. The fourth-order valence-electron chi connectivity index (χ4n) is 5.18. The monoisotopic (exact) mass is 549 g/mol. The number of nitrogens with zero attached hydrogens (tertiary/aromatic N) is 6. The predicted octanol–water partition coefficient (Wildman–Crippen LogP) is 3.38. The van der Waals surface area contributed by atoms with Gasteiger partial charge in [0.05, 0.1) is 18.8 Å². The van der Waals surface area contributed by atoms with Gasteiger partial charge < -0.3 is 10.6 Å². The molecule has 0 saturated carbocycles. The second-order valence-electron chi connectivity index (χ2n) is 9.72. The maximum Gasteiger partial charge on any atom is 0.266 e. The number of hydrogen-bond donors (Lipinski definition) is 1. The third-order valence-electron chi connectivity index (χ3n) is 7.20. The normalized spacial score (nSPS) is 15.4. The predicted molar refractivity (Wildman–Crippen MR) is 143 cm³/mol. The van der Waals surface area contributed by atoms with Crippen LogP contribution >= 0.6 is 0 Å². The van der Waals surface area contributed by atoms with Gasteiger partial charge in [-0.25, -0.2) is 23.7 Å². The van der Waals surface area contributed by atoms with Crippen molar-refractivity contribution in [3.8, 4) is 6.07 Å². The highest BCUT2D eigenvalue weighted by molar-refractivity contribution is 6.09. The first-order valence-electron chi connectivity index (χ1n) is 12.6. The van der Waals surface area contributed by atoms with Crippen molar-refractivity contribution < 1.29 is 18.4 Å². The Morgan fingerprint density at radius 1 is 1.00 bits per heavy atom. The van der Waals surface area contributed by atoms with Gasteiger partial charge in [0.2, 0.25) is 5.82 Å². The molecule has 41 heavy (non-hydrogen) atoms. The third kappa shape index (κ3) is 4.45. The largest absolute Gasteiger partial charge is 0.369 e. The Morgan fingerprint density at radius 2 is 1.66 bits per heavy atom. The van der Waals surface area contributed by atoms with Crippen molar-refractivity contribution in [2.24, 2.45) is 10.7 Å². The number of hydrogen-bond acceptors (Lipinski definition) is 7. The van der Waals surface area contributed by atoms with Crippen LogP contribution in [0.4, 0.5) is 8.78 Å². The highest BCUT2D eigenvalue weighted by Crippen LogP contribution is 2.40. The lowest BCUT2D eigenvalue weighted by Crippen LogP contribution is -2.43. The number of aliphatic imine (C=N–C) groups is 1. The molecule has 4 aromatic rings. The van der Waals surface area contributed by atoms with Crippen LogP contribution in [0, 0.1) is 23.0 Å². The zero-order valence-electron chi connectivity index (χ0n) is 21.5. The zero-order valence-corrected chi connectivity index (χ0v) is 21.5. The van der Waals surface area contributed by atoms with Crippen LogP contribution in [0.15, 0.2) is 84.0 Å². The second-order valence-corrected chi connectivity index (χ2v) is 9.72. The molecular weight excluding hydrogens is 528 g/mol. The Morgan fingerprint density at radius 3 is 2.29 bits per heavy atom. The van der Waals surface area contributed by atoms with Crippen molar-refractivity contribution in [3.63, 3.8) is 0 Å². The van der Waals surface area contributed by atoms with Crippen molar-refractivity contribution in [2.75, 3.05) is 0 Å². The summed E-state index contributed by atoms with van der Waals surface area (Å²) in [6, 6.07) is 19.4. The molecule has 1 aromatic heterocycles. The first-order valence-corrected chi connectivity index (χ1v) is 12.6. The molecule has 9 nitrogen and oxygen atoms in total. The lowest BCUT2D eigenvalue weighted by molar-refractivity contribution is -0.130. The average Bonchev–Trinajstić information content (AvgIpc) is 3.52. The number of rotatable bonds is 5. The van der Waals surface area contributed by atoms with E-state index in [4.69, 9.17) is 11.0 Å². The summed E-state index contributed by atoms with van der Waals surface area (Å²) in [6.07, 6.45) is 1.56. The summed E-state index contributed by atoms with van der Waals surface area (Å²) in [6.45, 7) is 0.570. The van der Waals surface area contributed by atoms with Crippen LogP contribution < -0.4 is 5.73 Å². The van der Waals surface area contributed by atoms with Gasteiger partial charge >= 0.3 is 0 Å².